The maximum atomic E-state index is 11.4. The quantitative estimate of drug-likeness (QED) is 0.851. The molecule has 108 valence electrons. The zero-order valence-electron chi connectivity index (χ0n) is 11.9. The molecule has 0 amide bonds. The van der Waals surface area contributed by atoms with Crippen molar-refractivity contribution in [2.24, 2.45) is 5.92 Å². The number of nitrogens with zero attached hydrogens (tertiary/aromatic N) is 1. The van der Waals surface area contributed by atoms with Crippen LogP contribution in [0, 0.1) is 17.8 Å². The van der Waals surface area contributed by atoms with Gasteiger partial charge in [0, 0.05) is 18.0 Å². The van der Waals surface area contributed by atoms with Gasteiger partial charge in [0.1, 0.15) is 6.10 Å². The summed E-state index contributed by atoms with van der Waals surface area (Å²) in [5.74, 6) is 4.68. The lowest BCUT2D eigenvalue weighted by Gasteiger charge is -2.11. The van der Waals surface area contributed by atoms with Crippen LogP contribution in [0.3, 0.4) is 0 Å². The monoisotopic (exact) mass is 283 g/mol. The summed E-state index contributed by atoms with van der Waals surface area (Å²) >= 11 is 0. The highest BCUT2D eigenvalue weighted by Gasteiger charge is 2.14. The number of aliphatic hydroxyl groups excluding tert-OH is 1. The predicted octanol–water partition coefficient (Wildman–Crippen LogP) is 2.54. The highest BCUT2D eigenvalue weighted by atomic mass is 16.4. The molecule has 0 saturated carbocycles. The maximum absolute atomic E-state index is 11.4. The average molecular weight is 283 g/mol. The van der Waals surface area contributed by atoms with Gasteiger partial charge < -0.3 is 14.8 Å². The molecule has 0 radical (unpaired) electrons. The van der Waals surface area contributed by atoms with Crippen LogP contribution in [0.1, 0.15) is 29.8 Å². The first-order chi connectivity index (χ1) is 10.0. The highest BCUT2D eigenvalue weighted by Crippen LogP contribution is 2.20. The lowest BCUT2D eigenvalue weighted by atomic mass is 10.0. The minimum Gasteiger partial charge on any atom is -0.478 e. The van der Waals surface area contributed by atoms with Crippen LogP contribution in [0.5, 0.6) is 0 Å². The Balaban J connectivity index is 2.56. The molecule has 0 spiro atoms. The van der Waals surface area contributed by atoms with Crippen LogP contribution in [-0.2, 0) is 0 Å². The molecule has 0 saturated heterocycles. The van der Waals surface area contributed by atoms with Crippen LogP contribution in [0.4, 0.5) is 0 Å². The second-order valence-corrected chi connectivity index (χ2v) is 5.06. The van der Waals surface area contributed by atoms with Crippen molar-refractivity contribution in [3.63, 3.8) is 0 Å². The fourth-order valence-electron chi connectivity index (χ4n) is 1.90. The van der Waals surface area contributed by atoms with Crippen molar-refractivity contribution in [3.05, 3.63) is 53.9 Å². The van der Waals surface area contributed by atoms with E-state index in [2.05, 4.69) is 11.8 Å². The fraction of sp³-hybridized carbons (Fsp3) is 0.235. The Labute approximate surface area is 123 Å². The summed E-state index contributed by atoms with van der Waals surface area (Å²) in [5, 5.41) is 19.1. The van der Waals surface area contributed by atoms with E-state index in [1.165, 1.54) is 0 Å². The van der Waals surface area contributed by atoms with E-state index in [9.17, 15) is 15.0 Å². The summed E-state index contributed by atoms with van der Waals surface area (Å²) in [6.45, 7) is 3.75. The molecule has 1 atom stereocenters. The van der Waals surface area contributed by atoms with Gasteiger partial charge in [0.25, 0.3) is 0 Å². The molecule has 0 aliphatic heterocycles. The normalized spacial score (nSPS) is 11.8. The number of carbonyl (C=O) groups is 1. The summed E-state index contributed by atoms with van der Waals surface area (Å²) < 4.78 is 1.72. The third-order valence-corrected chi connectivity index (χ3v) is 3.12. The van der Waals surface area contributed by atoms with Gasteiger partial charge in [-0.25, -0.2) is 4.79 Å². The lowest BCUT2D eigenvalue weighted by Crippen LogP contribution is -2.11. The molecule has 2 N–H and O–H groups in total. The Morgan fingerprint density at radius 1 is 1.19 bits per heavy atom. The third kappa shape index (κ3) is 3.33. The van der Waals surface area contributed by atoms with Crippen molar-refractivity contribution in [2.45, 2.75) is 20.0 Å². The Morgan fingerprint density at radius 3 is 2.43 bits per heavy atom. The maximum Gasteiger partial charge on any atom is 0.337 e. The smallest absolute Gasteiger partial charge is 0.337 e. The first kappa shape index (κ1) is 14.9. The van der Waals surface area contributed by atoms with Gasteiger partial charge >= 0.3 is 5.97 Å². The summed E-state index contributed by atoms with van der Waals surface area (Å²) in [6.07, 6.45) is 2.80. The molecule has 1 heterocycles. The largest absolute Gasteiger partial charge is 0.478 e. The second kappa shape index (κ2) is 6.29. The molecule has 4 heteroatoms. The average Bonchev–Trinajstić information content (AvgIpc) is 2.97. The van der Waals surface area contributed by atoms with Crippen LogP contribution in [0.2, 0.25) is 0 Å². The van der Waals surface area contributed by atoms with Gasteiger partial charge in [-0.15, -0.1) is 0 Å². The molecule has 0 fully saturated rings. The molecule has 2 aromatic rings. The van der Waals surface area contributed by atoms with Crippen molar-refractivity contribution in [2.75, 3.05) is 0 Å². The molecule has 4 nitrogen and oxygen atoms in total. The number of aromatic carboxylic acids is 1. The number of carboxylic acids is 1. The van der Waals surface area contributed by atoms with Gasteiger partial charge in [-0.1, -0.05) is 31.8 Å². The van der Waals surface area contributed by atoms with Crippen LogP contribution in [0.15, 0.2) is 42.7 Å². The molecule has 0 aliphatic rings. The lowest BCUT2D eigenvalue weighted by molar-refractivity contribution is 0.0697. The molecule has 2 rings (SSSR count). The molecular weight excluding hydrogens is 266 g/mol. The number of aliphatic hydroxyl groups is 1. The van der Waals surface area contributed by atoms with E-state index in [1.54, 1.807) is 35.2 Å². The fourth-order valence-corrected chi connectivity index (χ4v) is 1.90. The van der Waals surface area contributed by atoms with E-state index in [4.69, 9.17) is 0 Å². The molecule has 1 aromatic carbocycles. The third-order valence-electron chi connectivity index (χ3n) is 3.12. The molecule has 21 heavy (non-hydrogen) atoms. The van der Waals surface area contributed by atoms with E-state index < -0.39 is 12.1 Å². The van der Waals surface area contributed by atoms with Gasteiger partial charge in [0.15, 0.2) is 0 Å². The van der Waals surface area contributed by atoms with E-state index in [-0.39, 0.29) is 11.5 Å². The van der Waals surface area contributed by atoms with E-state index >= 15 is 0 Å². The zero-order valence-corrected chi connectivity index (χ0v) is 11.9. The second-order valence-electron chi connectivity index (χ2n) is 5.06. The molecule has 0 bridgehead atoms. The van der Waals surface area contributed by atoms with Crippen molar-refractivity contribution in [3.8, 4) is 17.5 Å². The zero-order chi connectivity index (χ0) is 15.4. The minimum atomic E-state index is -1.01. The van der Waals surface area contributed by atoms with Gasteiger partial charge in [-0.3, -0.25) is 0 Å². The summed E-state index contributed by atoms with van der Waals surface area (Å²) in [7, 11) is 0. The summed E-state index contributed by atoms with van der Waals surface area (Å²) in [5.41, 5.74) is 1.27. The highest BCUT2D eigenvalue weighted by molar-refractivity contribution is 5.93. The van der Waals surface area contributed by atoms with Gasteiger partial charge in [-0.2, -0.15) is 0 Å². The Kier molecular flexibility index (Phi) is 4.46. The van der Waals surface area contributed by atoms with Crippen molar-refractivity contribution in [1.29, 1.82) is 0 Å². The number of hydrogen-bond donors (Lipinski definition) is 2. The SMILES string of the molecule is CC(C)C(O)C#Cc1cccc(C(=O)O)c1-n1cccc1. The Hall–Kier alpha value is -2.51. The van der Waals surface area contributed by atoms with Crippen molar-refractivity contribution < 1.29 is 15.0 Å². The number of carboxylic acid groups (broad SMARTS) is 1. The van der Waals surface area contributed by atoms with Crippen LogP contribution in [-0.4, -0.2) is 26.9 Å². The minimum absolute atomic E-state index is 0.0233. The molecule has 0 aliphatic carbocycles. The number of hydrogen-bond acceptors (Lipinski definition) is 2. The molecule has 1 aromatic heterocycles. The first-order valence-electron chi connectivity index (χ1n) is 6.70. The van der Waals surface area contributed by atoms with Gasteiger partial charge in [0.2, 0.25) is 0 Å². The predicted molar refractivity (Wildman–Crippen MR) is 80.5 cm³/mol. The Bertz CT molecular complexity index is 691. The van der Waals surface area contributed by atoms with Crippen LogP contribution in [0.25, 0.3) is 5.69 Å². The number of rotatable bonds is 3. The van der Waals surface area contributed by atoms with Crippen LogP contribution >= 0.6 is 0 Å². The number of aromatic nitrogens is 1. The summed E-state index contributed by atoms with van der Waals surface area (Å²) in [4.78, 5) is 11.4. The van der Waals surface area contributed by atoms with Gasteiger partial charge in [0.05, 0.1) is 11.3 Å². The number of para-hydroxylation sites is 1. The van der Waals surface area contributed by atoms with Crippen LogP contribution < -0.4 is 0 Å². The number of benzene rings is 1. The van der Waals surface area contributed by atoms with E-state index in [0.29, 0.717) is 11.3 Å². The van der Waals surface area contributed by atoms with E-state index in [1.807, 2.05) is 26.0 Å². The van der Waals surface area contributed by atoms with Crippen molar-refractivity contribution in [1.82, 2.24) is 4.57 Å². The topological polar surface area (TPSA) is 62.5 Å². The Morgan fingerprint density at radius 2 is 1.86 bits per heavy atom. The van der Waals surface area contributed by atoms with Gasteiger partial charge in [-0.05, 0) is 30.2 Å². The summed E-state index contributed by atoms with van der Waals surface area (Å²) in [6, 6.07) is 8.59. The molecule has 1 unspecified atom stereocenters. The van der Waals surface area contributed by atoms with E-state index in [0.717, 1.165) is 0 Å². The molecular formula is C17H17NO3. The standard InChI is InChI=1S/C17H17NO3/c1-12(2)15(19)9-8-13-6-5-7-14(17(20)21)16(13)18-10-3-4-11-18/h3-7,10-12,15,19H,1-2H3,(H,20,21). The first-order valence-corrected chi connectivity index (χ1v) is 6.70. The van der Waals surface area contributed by atoms with Crippen molar-refractivity contribution >= 4 is 5.97 Å².